The first-order valence-electron chi connectivity index (χ1n) is 7.80. The Morgan fingerprint density at radius 2 is 1.88 bits per heavy atom. The summed E-state index contributed by atoms with van der Waals surface area (Å²) in [6, 6.07) is 6.51. The first kappa shape index (κ1) is 21.0. The van der Waals surface area contributed by atoms with E-state index in [4.69, 9.17) is 4.74 Å². The van der Waals surface area contributed by atoms with Crippen molar-refractivity contribution >= 4 is 36.4 Å². The van der Waals surface area contributed by atoms with Gasteiger partial charge >= 0.3 is 0 Å². The third-order valence-corrected chi connectivity index (χ3v) is 4.37. The van der Waals surface area contributed by atoms with Crippen molar-refractivity contribution in [2.75, 3.05) is 44.2 Å². The van der Waals surface area contributed by atoms with Crippen LogP contribution in [0, 0.1) is 5.82 Å². The number of hydrogen-bond donors (Lipinski definition) is 1. The SMILES string of the molecule is C[C@H]1OCCN[C@@H]1C(=O)N1CCN(c2ccccc2F)CC1.Cl.Cl. The smallest absolute Gasteiger partial charge is 0.242 e. The molecule has 2 atom stereocenters. The van der Waals surface area contributed by atoms with Crippen molar-refractivity contribution in [2.24, 2.45) is 0 Å². The molecule has 5 nitrogen and oxygen atoms in total. The number of carbonyl (C=O) groups is 1. The van der Waals surface area contributed by atoms with Crippen LogP contribution in [-0.4, -0.2) is 62.3 Å². The monoisotopic (exact) mass is 379 g/mol. The van der Waals surface area contributed by atoms with Crippen LogP contribution in [0.4, 0.5) is 10.1 Å². The van der Waals surface area contributed by atoms with Crippen LogP contribution in [0.3, 0.4) is 0 Å². The molecule has 0 aromatic heterocycles. The molecule has 0 bridgehead atoms. The Balaban J connectivity index is 0.00000144. The Morgan fingerprint density at radius 1 is 1.21 bits per heavy atom. The molecule has 2 aliphatic heterocycles. The Hall–Kier alpha value is -1.08. The van der Waals surface area contributed by atoms with Crippen LogP contribution in [0.15, 0.2) is 24.3 Å². The number of anilines is 1. The minimum Gasteiger partial charge on any atom is -0.375 e. The highest BCUT2D eigenvalue weighted by Gasteiger charge is 2.33. The number of piperazine rings is 1. The van der Waals surface area contributed by atoms with Crippen LogP contribution >= 0.6 is 24.8 Å². The standard InChI is InChI=1S/C16H22FN3O2.2ClH/c1-12-15(18-6-11-22-12)16(21)20-9-7-19(8-10-20)14-5-3-2-4-13(14)17;;/h2-5,12,15,18H,6-11H2,1H3;2*1H/t12-,15+;;/m1../s1. The van der Waals surface area contributed by atoms with E-state index in [-0.39, 0.29) is 48.7 Å². The Labute approximate surface area is 154 Å². The molecule has 2 fully saturated rings. The number of halogens is 3. The fourth-order valence-electron chi connectivity index (χ4n) is 3.08. The summed E-state index contributed by atoms with van der Waals surface area (Å²) >= 11 is 0. The highest BCUT2D eigenvalue weighted by Crippen LogP contribution is 2.20. The van der Waals surface area contributed by atoms with Gasteiger partial charge in [0.25, 0.3) is 0 Å². The quantitative estimate of drug-likeness (QED) is 0.849. The molecule has 0 spiro atoms. The zero-order valence-corrected chi connectivity index (χ0v) is 15.2. The van der Waals surface area contributed by atoms with E-state index in [1.807, 2.05) is 22.8 Å². The molecular formula is C16H24Cl2FN3O2. The number of para-hydroxylation sites is 1. The van der Waals surface area contributed by atoms with Gasteiger partial charge in [0.1, 0.15) is 11.9 Å². The third kappa shape index (κ3) is 4.51. The van der Waals surface area contributed by atoms with Gasteiger partial charge in [-0.15, -0.1) is 24.8 Å². The number of ether oxygens (including phenoxy) is 1. The van der Waals surface area contributed by atoms with Crippen LogP contribution in [-0.2, 0) is 9.53 Å². The molecule has 24 heavy (non-hydrogen) atoms. The molecule has 3 rings (SSSR count). The minimum atomic E-state index is -0.270. The van der Waals surface area contributed by atoms with E-state index in [1.165, 1.54) is 6.07 Å². The number of morpholine rings is 1. The normalized spacial score (nSPS) is 23.9. The molecule has 1 aromatic rings. The number of carbonyl (C=O) groups excluding carboxylic acids is 1. The van der Waals surface area contributed by atoms with Crippen molar-refractivity contribution in [1.82, 2.24) is 10.2 Å². The lowest BCUT2D eigenvalue weighted by molar-refractivity contribution is -0.139. The minimum absolute atomic E-state index is 0. The molecule has 2 saturated heterocycles. The Bertz CT molecular complexity index is 542. The topological polar surface area (TPSA) is 44.8 Å². The van der Waals surface area contributed by atoms with E-state index in [9.17, 15) is 9.18 Å². The molecule has 1 aromatic carbocycles. The summed E-state index contributed by atoms with van der Waals surface area (Å²) in [7, 11) is 0. The van der Waals surface area contributed by atoms with Crippen molar-refractivity contribution in [2.45, 2.75) is 19.1 Å². The van der Waals surface area contributed by atoms with Gasteiger partial charge in [0.05, 0.1) is 18.4 Å². The second kappa shape index (κ2) is 9.42. The Kier molecular flexibility index (Phi) is 8.22. The molecule has 2 aliphatic rings. The van der Waals surface area contributed by atoms with Gasteiger partial charge in [0, 0.05) is 32.7 Å². The zero-order valence-electron chi connectivity index (χ0n) is 13.6. The summed E-state index contributed by atoms with van der Waals surface area (Å²) in [4.78, 5) is 16.4. The molecule has 0 saturated carbocycles. The number of nitrogens with zero attached hydrogens (tertiary/aromatic N) is 2. The average Bonchev–Trinajstić information content (AvgIpc) is 2.55. The fraction of sp³-hybridized carbons (Fsp3) is 0.562. The predicted octanol–water partition coefficient (Wildman–Crippen LogP) is 1.69. The van der Waals surface area contributed by atoms with Gasteiger partial charge in [0.2, 0.25) is 5.91 Å². The first-order chi connectivity index (χ1) is 10.7. The lowest BCUT2D eigenvalue weighted by atomic mass is 10.1. The first-order valence-corrected chi connectivity index (χ1v) is 7.80. The summed E-state index contributed by atoms with van der Waals surface area (Å²) in [5.41, 5.74) is 0.613. The number of hydrogen-bond acceptors (Lipinski definition) is 4. The average molecular weight is 380 g/mol. The van der Waals surface area contributed by atoms with Crippen LogP contribution in [0.2, 0.25) is 0 Å². The van der Waals surface area contributed by atoms with Gasteiger partial charge in [-0.1, -0.05) is 12.1 Å². The highest BCUT2D eigenvalue weighted by atomic mass is 35.5. The lowest BCUT2D eigenvalue weighted by Gasteiger charge is -2.39. The van der Waals surface area contributed by atoms with Crippen molar-refractivity contribution < 1.29 is 13.9 Å². The van der Waals surface area contributed by atoms with Crippen molar-refractivity contribution in [3.05, 3.63) is 30.1 Å². The maximum Gasteiger partial charge on any atom is 0.242 e. The van der Waals surface area contributed by atoms with Crippen LogP contribution < -0.4 is 10.2 Å². The second-order valence-electron chi connectivity index (χ2n) is 5.77. The van der Waals surface area contributed by atoms with Gasteiger partial charge in [-0.25, -0.2) is 4.39 Å². The summed E-state index contributed by atoms with van der Waals surface area (Å²) in [6.45, 7) is 5.78. The molecular weight excluding hydrogens is 356 g/mol. The van der Waals surface area contributed by atoms with Gasteiger partial charge < -0.3 is 19.9 Å². The second-order valence-corrected chi connectivity index (χ2v) is 5.77. The van der Waals surface area contributed by atoms with Gasteiger partial charge in [-0.2, -0.15) is 0 Å². The predicted molar refractivity (Wildman–Crippen MR) is 96.9 cm³/mol. The van der Waals surface area contributed by atoms with E-state index < -0.39 is 0 Å². The number of nitrogens with one attached hydrogen (secondary N) is 1. The summed E-state index contributed by atoms with van der Waals surface area (Å²) in [5.74, 6) is -0.126. The summed E-state index contributed by atoms with van der Waals surface area (Å²) < 4.78 is 19.4. The largest absolute Gasteiger partial charge is 0.375 e. The lowest BCUT2D eigenvalue weighted by Crippen LogP contribution is -2.59. The zero-order chi connectivity index (χ0) is 15.5. The fourth-order valence-corrected chi connectivity index (χ4v) is 3.08. The van der Waals surface area contributed by atoms with Crippen molar-refractivity contribution in [3.63, 3.8) is 0 Å². The molecule has 0 unspecified atom stereocenters. The van der Waals surface area contributed by atoms with E-state index in [0.29, 0.717) is 45.0 Å². The van der Waals surface area contributed by atoms with E-state index in [1.54, 1.807) is 12.1 Å². The van der Waals surface area contributed by atoms with E-state index in [2.05, 4.69) is 5.32 Å². The molecule has 1 amide bonds. The molecule has 1 N–H and O–H groups in total. The highest BCUT2D eigenvalue weighted by molar-refractivity contribution is 5.85. The maximum absolute atomic E-state index is 13.8. The molecule has 0 aliphatic carbocycles. The molecule has 8 heteroatoms. The van der Waals surface area contributed by atoms with Crippen LogP contribution in [0.5, 0.6) is 0 Å². The summed E-state index contributed by atoms with van der Waals surface area (Å²) in [5, 5.41) is 3.23. The number of amides is 1. The van der Waals surface area contributed by atoms with Crippen LogP contribution in [0.25, 0.3) is 0 Å². The Morgan fingerprint density at radius 3 is 2.50 bits per heavy atom. The van der Waals surface area contributed by atoms with E-state index in [0.717, 1.165) is 0 Å². The van der Waals surface area contributed by atoms with Gasteiger partial charge in [-0.3, -0.25) is 4.79 Å². The van der Waals surface area contributed by atoms with Crippen molar-refractivity contribution in [3.8, 4) is 0 Å². The third-order valence-electron chi connectivity index (χ3n) is 4.37. The van der Waals surface area contributed by atoms with E-state index >= 15 is 0 Å². The molecule has 136 valence electrons. The maximum atomic E-state index is 13.8. The van der Waals surface area contributed by atoms with Crippen molar-refractivity contribution in [1.29, 1.82) is 0 Å². The van der Waals surface area contributed by atoms with Crippen LogP contribution in [0.1, 0.15) is 6.92 Å². The molecule has 2 heterocycles. The summed E-state index contributed by atoms with van der Waals surface area (Å²) in [6.07, 6.45) is -0.106. The van der Waals surface area contributed by atoms with Gasteiger partial charge in [-0.05, 0) is 19.1 Å². The number of benzene rings is 1. The molecule has 0 radical (unpaired) electrons. The number of rotatable bonds is 2. The van der Waals surface area contributed by atoms with Gasteiger partial charge in [0.15, 0.2) is 0 Å².